The van der Waals surface area contributed by atoms with Gasteiger partial charge in [-0.2, -0.15) is 0 Å². The second-order valence-corrected chi connectivity index (χ2v) is 5.92. The predicted molar refractivity (Wildman–Crippen MR) is 81.6 cm³/mol. The first-order chi connectivity index (χ1) is 10.7. The van der Waals surface area contributed by atoms with Crippen LogP contribution in [0.15, 0.2) is 30.2 Å². The molecule has 118 valence electrons. The van der Waals surface area contributed by atoms with Crippen LogP contribution in [-0.2, 0) is 4.79 Å². The zero-order chi connectivity index (χ0) is 15.4. The van der Waals surface area contributed by atoms with Gasteiger partial charge < -0.3 is 19.9 Å². The number of hydrogen-bond donors (Lipinski definition) is 2. The number of phenols is 1. The van der Waals surface area contributed by atoms with Crippen molar-refractivity contribution in [2.75, 3.05) is 6.54 Å². The maximum absolute atomic E-state index is 12.0. The number of benzene rings is 1. The monoisotopic (exact) mass is 303 g/mol. The minimum Gasteiger partial charge on any atom is -0.508 e. The van der Waals surface area contributed by atoms with E-state index in [2.05, 4.69) is 5.32 Å². The first kappa shape index (κ1) is 14.8. The topological polar surface area (TPSA) is 67.8 Å². The molecule has 1 aromatic rings. The fourth-order valence-corrected chi connectivity index (χ4v) is 2.96. The Hall–Kier alpha value is -2.17. The van der Waals surface area contributed by atoms with Gasteiger partial charge in [-0.3, -0.25) is 4.79 Å². The maximum Gasteiger partial charge on any atom is 0.220 e. The predicted octanol–water partition coefficient (Wildman–Crippen LogP) is 3.09. The summed E-state index contributed by atoms with van der Waals surface area (Å²) in [5, 5.41) is 12.3. The van der Waals surface area contributed by atoms with E-state index in [1.165, 1.54) is 37.7 Å². The van der Waals surface area contributed by atoms with Crippen LogP contribution in [0.5, 0.6) is 17.2 Å². The van der Waals surface area contributed by atoms with Crippen LogP contribution in [0.4, 0.5) is 0 Å². The molecule has 0 saturated heterocycles. The Morgan fingerprint density at radius 1 is 1.23 bits per heavy atom. The van der Waals surface area contributed by atoms with Crippen LogP contribution < -0.4 is 14.8 Å². The third-order valence-corrected chi connectivity index (χ3v) is 4.14. The molecule has 2 N–H and O–H groups in total. The number of aromatic hydroxyl groups is 1. The van der Waals surface area contributed by atoms with E-state index in [0.717, 1.165) is 12.8 Å². The van der Waals surface area contributed by atoms with Gasteiger partial charge in [-0.15, -0.1) is 0 Å². The lowest BCUT2D eigenvalue weighted by Gasteiger charge is -2.21. The summed E-state index contributed by atoms with van der Waals surface area (Å²) in [6, 6.07) is 4.67. The van der Waals surface area contributed by atoms with Crippen molar-refractivity contribution in [1.82, 2.24) is 5.32 Å². The second kappa shape index (κ2) is 6.73. The van der Waals surface area contributed by atoms with Gasteiger partial charge >= 0.3 is 0 Å². The maximum atomic E-state index is 12.0. The van der Waals surface area contributed by atoms with Gasteiger partial charge in [-0.1, -0.05) is 19.3 Å². The van der Waals surface area contributed by atoms with E-state index in [-0.39, 0.29) is 11.7 Å². The van der Waals surface area contributed by atoms with E-state index < -0.39 is 0 Å². The number of nitrogens with one attached hydrogen (secondary N) is 1. The van der Waals surface area contributed by atoms with Crippen molar-refractivity contribution in [2.45, 2.75) is 38.5 Å². The molecule has 5 nitrogen and oxygen atoms in total. The average Bonchev–Trinajstić information content (AvgIpc) is 2.53. The van der Waals surface area contributed by atoms with Crippen molar-refractivity contribution in [3.63, 3.8) is 0 Å². The standard InChI is InChI=1S/C17H21NO4/c19-13-6-7-15-16(9-13)22-14(11-21-15)10-18-17(20)8-12-4-2-1-3-5-12/h6-7,9,11-12,19H,1-5,8,10H2,(H,18,20). The molecule has 3 rings (SSSR count). The molecular formula is C17H21NO4. The molecular weight excluding hydrogens is 282 g/mol. The van der Waals surface area contributed by atoms with E-state index >= 15 is 0 Å². The number of carbonyl (C=O) groups is 1. The molecule has 1 aliphatic carbocycles. The Balaban J connectivity index is 1.47. The Labute approximate surface area is 129 Å². The number of fused-ring (bicyclic) bond motifs is 1. The van der Waals surface area contributed by atoms with Crippen LogP contribution in [0.3, 0.4) is 0 Å². The van der Waals surface area contributed by atoms with Gasteiger partial charge in [0.05, 0.1) is 6.54 Å². The smallest absolute Gasteiger partial charge is 0.220 e. The molecule has 1 amide bonds. The Kier molecular flexibility index (Phi) is 4.51. The van der Waals surface area contributed by atoms with Crippen molar-refractivity contribution in [1.29, 1.82) is 0 Å². The van der Waals surface area contributed by atoms with E-state index in [1.807, 2.05) is 0 Å². The summed E-state index contributed by atoms with van der Waals surface area (Å²) in [5.74, 6) is 2.22. The van der Waals surface area contributed by atoms with Crippen LogP contribution in [0.25, 0.3) is 0 Å². The van der Waals surface area contributed by atoms with E-state index in [0.29, 0.717) is 36.1 Å². The summed E-state index contributed by atoms with van der Waals surface area (Å²) in [7, 11) is 0. The van der Waals surface area contributed by atoms with Gasteiger partial charge in [-0.05, 0) is 30.9 Å². The van der Waals surface area contributed by atoms with E-state index in [4.69, 9.17) is 9.47 Å². The molecule has 0 spiro atoms. The second-order valence-electron chi connectivity index (χ2n) is 5.92. The molecule has 22 heavy (non-hydrogen) atoms. The first-order valence-electron chi connectivity index (χ1n) is 7.84. The third-order valence-electron chi connectivity index (χ3n) is 4.14. The molecule has 1 aliphatic heterocycles. The summed E-state index contributed by atoms with van der Waals surface area (Å²) in [6.45, 7) is 0.292. The highest BCUT2D eigenvalue weighted by molar-refractivity contribution is 5.76. The molecule has 2 aliphatic rings. The van der Waals surface area contributed by atoms with Crippen molar-refractivity contribution in [2.24, 2.45) is 5.92 Å². The summed E-state index contributed by atoms with van der Waals surface area (Å²) in [6.07, 6.45) is 8.15. The lowest BCUT2D eigenvalue weighted by atomic mass is 9.87. The zero-order valence-electron chi connectivity index (χ0n) is 12.5. The highest BCUT2D eigenvalue weighted by Gasteiger charge is 2.19. The Morgan fingerprint density at radius 2 is 2.05 bits per heavy atom. The quantitative estimate of drug-likeness (QED) is 0.897. The summed E-state index contributed by atoms with van der Waals surface area (Å²) in [4.78, 5) is 12.0. The van der Waals surface area contributed by atoms with Crippen LogP contribution in [0.2, 0.25) is 0 Å². The summed E-state index contributed by atoms with van der Waals surface area (Å²) >= 11 is 0. The molecule has 0 unspecified atom stereocenters. The van der Waals surface area contributed by atoms with Gasteiger partial charge in [0.15, 0.2) is 17.3 Å². The van der Waals surface area contributed by atoms with Crippen molar-refractivity contribution in [3.05, 3.63) is 30.2 Å². The molecule has 1 aromatic carbocycles. The number of ether oxygens (including phenoxy) is 2. The Morgan fingerprint density at radius 3 is 2.86 bits per heavy atom. The fourth-order valence-electron chi connectivity index (χ4n) is 2.96. The molecule has 0 aromatic heterocycles. The summed E-state index contributed by atoms with van der Waals surface area (Å²) < 4.78 is 11.0. The molecule has 1 heterocycles. The third kappa shape index (κ3) is 3.72. The number of amides is 1. The van der Waals surface area contributed by atoms with E-state index in [9.17, 15) is 9.90 Å². The van der Waals surface area contributed by atoms with Crippen LogP contribution >= 0.6 is 0 Å². The fraction of sp³-hybridized carbons (Fsp3) is 0.471. The van der Waals surface area contributed by atoms with Crippen LogP contribution in [0, 0.1) is 5.92 Å². The van der Waals surface area contributed by atoms with Gasteiger partial charge in [0.25, 0.3) is 0 Å². The SMILES string of the molecule is O=C(CC1CCCCC1)NCC1=COc2ccc(O)cc2O1. The normalized spacial score (nSPS) is 17.7. The molecule has 1 fully saturated rings. The lowest BCUT2D eigenvalue weighted by molar-refractivity contribution is -0.122. The minimum atomic E-state index is 0.0538. The summed E-state index contributed by atoms with van der Waals surface area (Å²) in [5.41, 5.74) is 0. The highest BCUT2D eigenvalue weighted by Crippen LogP contribution is 2.35. The van der Waals surface area contributed by atoms with Gasteiger partial charge in [0.2, 0.25) is 5.91 Å². The van der Waals surface area contributed by atoms with E-state index in [1.54, 1.807) is 6.07 Å². The average molecular weight is 303 g/mol. The number of phenolic OH excluding ortho intramolecular Hbond substituents is 1. The Bertz CT molecular complexity index is 576. The minimum absolute atomic E-state index is 0.0538. The zero-order valence-corrected chi connectivity index (χ0v) is 12.5. The van der Waals surface area contributed by atoms with Crippen LogP contribution in [0.1, 0.15) is 38.5 Å². The van der Waals surface area contributed by atoms with Crippen LogP contribution in [-0.4, -0.2) is 17.6 Å². The van der Waals surface area contributed by atoms with Crippen molar-refractivity contribution >= 4 is 5.91 Å². The van der Waals surface area contributed by atoms with Gasteiger partial charge in [0.1, 0.15) is 12.0 Å². The van der Waals surface area contributed by atoms with Gasteiger partial charge in [0, 0.05) is 12.5 Å². The molecule has 0 bridgehead atoms. The molecule has 0 radical (unpaired) electrons. The highest BCUT2D eigenvalue weighted by atomic mass is 16.6. The largest absolute Gasteiger partial charge is 0.508 e. The lowest BCUT2D eigenvalue weighted by Crippen LogP contribution is -2.30. The molecule has 0 atom stereocenters. The number of hydrogen-bond acceptors (Lipinski definition) is 4. The number of carbonyl (C=O) groups excluding carboxylic acids is 1. The van der Waals surface area contributed by atoms with Gasteiger partial charge in [-0.25, -0.2) is 0 Å². The van der Waals surface area contributed by atoms with Crippen molar-refractivity contribution < 1.29 is 19.4 Å². The molecule has 5 heteroatoms. The first-order valence-corrected chi connectivity index (χ1v) is 7.84. The van der Waals surface area contributed by atoms with Crippen molar-refractivity contribution in [3.8, 4) is 17.2 Å². The molecule has 1 saturated carbocycles. The number of rotatable bonds is 4.